The molecule has 4 unspecified atom stereocenters. The summed E-state index contributed by atoms with van der Waals surface area (Å²) in [5, 5.41) is 18.9. The first-order valence-electron chi connectivity index (χ1n) is 7.24. The molecular weight excluding hydrogens is 248 g/mol. The number of hydrogen-bond donors (Lipinski definition) is 2. The first-order chi connectivity index (χ1) is 8.99. The van der Waals surface area contributed by atoms with Gasteiger partial charge in [0.2, 0.25) is 0 Å². The summed E-state index contributed by atoms with van der Waals surface area (Å²) in [4.78, 5) is 0. The molecular formula is C14H30O5. The van der Waals surface area contributed by atoms with Gasteiger partial charge in [0.25, 0.3) is 0 Å². The lowest BCUT2D eigenvalue weighted by molar-refractivity contribution is -0.168. The van der Waals surface area contributed by atoms with Crippen molar-refractivity contribution < 1.29 is 24.4 Å². The summed E-state index contributed by atoms with van der Waals surface area (Å²) in [6.45, 7) is 8.51. The Morgan fingerprint density at radius 1 is 0.789 bits per heavy atom. The van der Waals surface area contributed by atoms with Crippen molar-refractivity contribution in [3.05, 3.63) is 0 Å². The first kappa shape index (κ1) is 18.8. The molecule has 5 heteroatoms. The van der Waals surface area contributed by atoms with Gasteiger partial charge in [-0.05, 0) is 26.7 Å². The molecule has 0 heterocycles. The maximum atomic E-state index is 9.47. The first-order valence-corrected chi connectivity index (χ1v) is 7.24. The van der Waals surface area contributed by atoms with Crippen LogP contribution in [0.5, 0.6) is 0 Å². The van der Waals surface area contributed by atoms with Crippen LogP contribution in [0.4, 0.5) is 0 Å². The van der Waals surface area contributed by atoms with Gasteiger partial charge in [-0.2, -0.15) is 0 Å². The van der Waals surface area contributed by atoms with Crippen LogP contribution in [0.25, 0.3) is 0 Å². The zero-order valence-electron chi connectivity index (χ0n) is 12.7. The predicted molar refractivity (Wildman–Crippen MR) is 73.7 cm³/mol. The fourth-order valence-electron chi connectivity index (χ4n) is 1.64. The van der Waals surface area contributed by atoms with Gasteiger partial charge in [0.15, 0.2) is 12.6 Å². The third kappa shape index (κ3) is 11.3. The lowest BCUT2D eigenvalue weighted by Gasteiger charge is -2.20. The maximum absolute atomic E-state index is 9.47. The Kier molecular flexibility index (Phi) is 11.5. The molecule has 0 aliphatic carbocycles. The van der Waals surface area contributed by atoms with Crippen LogP contribution in [0.1, 0.15) is 53.4 Å². The molecule has 2 N–H and O–H groups in total. The smallest absolute Gasteiger partial charge is 0.154 e. The molecule has 19 heavy (non-hydrogen) atoms. The molecule has 5 nitrogen and oxygen atoms in total. The number of hydrogen-bond acceptors (Lipinski definition) is 5. The normalized spacial score (nSPS) is 18.0. The average molecular weight is 278 g/mol. The minimum atomic E-state index is -0.719. The molecule has 0 fully saturated rings. The highest BCUT2D eigenvalue weighted by Crippen LogP contribution is 2.05. The van der Waals surface area contributed by atoms with Gasteiger partial charge in [-0.1, -0.05) is 26.7 Å². The molecule has 0 bridgehead atoms. The van der Waals surface area contributed by atoms with Gasteiger partial charge < -0.3 is 24.4 Å². The minimum Gasteiger partial charge on any atom is -0.376 e. The van der Waals surface area contributed by atoms with Crippen LogP contribution >= 0.6 is 0 Å². The van der Waals surface area contributed by atoms with E-state index in [1.807, 2.05) is 27.7 Å². The van der Waals surface area contributed by atoms with E-state index in [1.165, 1.54) is 0 Å². The van der Waals surface area contributed by atoms with Crippen LogP contribution in [-0.2, 0) is 14.2 Å². The standard InChI is InChI=1S/C14H30O5/c1-5-7-13(15)18-11(3)9-17-10-12(4)19-14(16)8-6-2/h11-16H,5-10H2,1-4H3. The van der Waals surface area contributed by atoms with Crippen molar-refractivity contribution in [1.29, 1.82) is 0 Å². The average Bonchev–Trinajstić information content (AvgIpc) is 2.28. The van der Waals surface area contributed by atoms with Crippen molar-refractivity contribution in [3.8, 4) is 0 Å². The lowest BCUT2D eigenvalue weighted by atomic mass is 10.3. The van der Waals surface area contributed by atoms with Crippen molar-refractivity contribution in [1.82, 2.24) is 0 Å². The summed E-state index contributed by atoms with van der Waals surface area (Å²) in [7, 11) is 0. The second kappa shape index (κ2) is 11.6. The van der Waals surface area contributed by atoms with Crippen molar-refractivity contribution in [3.63, 3.8) is 0 Å². The van der Waals surface area contributed by atoms with E-state index >= 15 is 0 Å². The largest absolute Gasteiger partial charge is 0.376 e. The topological polar surface area (TPSA) is 68.2 Å². The SMILES string of the molecule is CCCC(O)OC(C)COCC(C)OC(O)CCC. The number of aliphatic hydroxyl groups is 2. The second-order valence-electron chi connectivity index (χ2n) is 4.92. The molecule has 116 valence electrons. The monoisotopic (exact) mass is 278 g/mol. The second-order valence-corrected chi connectivity index (χ2v) is 4.92. The Balaban J connectivity index is 3.60. The van der Waals surface area contributed by atoms with Crippen LogP contribution in [-0.4, -0.2) is 48.2 Å². The molecule has 0 amide bonds. The van der Waals surface area contributed by atoms with Crippen LogP contribution in [0.2, 0.25) is 0 Å². The molecule has 0 spiro atoms. The zero-order valence-corrected chi connectivity index (χ0v) is 12.7. The van der Waals surface area contributed by atoms with Gasteiger partial charge in [0.05, 0.1) is 25.4 Å². The summed E-state index contributed by atoms with van der Waals surface area (Å²) < 4.78 is 16.1. The summed E-state index contributed by atoms with van der Waals surface area (Å²) in [5.74, 6) is 0. The van der Waals surface area contributed by atoms with Gasteiger partial charge in [0, 0.05) is 0 Å². The fourth-order valence-corrected chi connectivity index (χ4v) is 1.64. The highest BCUT2D eigenvalue weighted by Gasteiger charge is 2.12. The van der Waals surface area contributed by atoms with E-state index in [-0.39, 0.29) is 12.2 Å². The Bertz CT molecular complexity index is 180. The van der Waals surface area contributed by atoms with Crippen LogP contribution < -0.4 is 0 Å². The maximum Gasteiger partial charge on any atom is 0.154 e. The van der Waals surface area contributed by atoms with Gasteiger partial charge >= 0.3 is 0 Å². The van der Waals surface area contributed by atoms with Crippen molar-refractivity contribution in [2.45, 2.75) is 78.2 Å². The Morgan fingerprint density at radius 3 is 1.47 bits per heavy atom. The minimum absolute atomic E-state index is 0.158. The molecule has 0 radical (unpaired) electrons. The summed E-state index contributed by atoms with van der Waals surface area (Å²) in [6.07, 6.45) is 1.28. The van der Waals surface area contributed by atoms with E-state index in [1.54, 1.807) is 0 Å². The number of ether oxygens (including phenoxy) is 3. The highest BCUT2D eigenvalue weighted by atomic mass is 16.6. The van der Waals surface area contributed by atoms with E-state index in [2.05, 4.69) is 0 Å². The Morgan fingerprint density at radius 2 is 1.16 bits per heavy atom. The number of aliphatic hydroxyl groups excluding tert-OH is 2. The highest BCUT2D eigenvalue weighted by molar-refractivity contribution is 4.54. The van der Waals surface area contributed by atoms with E-state index < -0.39 is 12.6 Å². The molecule has 0 aromatic rings. The molecule has 0 saturated carbocycles. The van der Waals surface area contributed by atoms with Gasteiger partial charge in [-0.25, -0.2) is 0 Å². The van der Waals surface area contributed by atoms with Crippen LogP contribution in [0.3, 0.4) is 0 Å². The predicted octanol–water partition coefficient (Wildman–Crippen LogP) is 2.05. The van der Waals surface area contributed by atoms with Crippen molar-refractivity contribution in [2.24, 2.45) is 0 Å². The van der Waals surface area contributed by atoms with E-state index in [4.69, 9.17) is 14.2 Å². The molecule has 0 aromatic carbocycles. The molecule has 0 saturated heterocycles. The third-order valence-corrected chi connectivity index (χ3v) is 2.56. The van der Waals surface area contributed by atoms with Crippen molar-refractivity contribution in [2.75, 3.05) is 13.2 Å². The van der Waals surface area contributed by atoms with E-state index in [0.29, 0.717) is 26.1 Å². The number of rotatable bonds is 12. The Labute approximate surface area is 116 Å². The third-order valence-electron chi connectivity index (χ3n) is 2.56. The lowest BCUT2D eigenvalue weighted by Crippen LogP contribution is -2.27. The molecule has 0 aromatic heterocycles. The zero-order chi connectivity index (χ0) is 14.7. The quantitative estimate of drug-likeness (QED) is 0.535. The van der Waals surface area contributed by atoms with Gasteiger partial charge in [-0.15, -0.1) is 0 Å². The molecule has 0 aliphatic rings. The summed E-state index contributed by atoms with van der Waals surface area (Å²) >= 11 is 0. The van der Waals surface area contributed by atoms with E-state index in [9.17, 15) is 10.2 Å². The fraction of sp³-hybridized carbons (Fsp3) is 1.00. The van der Waals surface area contributed by atoms with Crippen molar-refractivity contribution >= 4 is 0 Å². The van der Waals surface area contributed by atoms with E-state index in [0.717, 1.165) is 12.8 Å². The Hall–Kier alpha value is -0.200. The molecule has 4 atom stereocenters. The molecule has 0 rings (SSSR count). The van der Waals surface area contributed by atoms with Crippen LogP contribution in [0.15, 0.2) is 0 Å². The summed E-state index contributed by atoms with van der Waals surface area (Å²) in [6, 6.07) is 0. The van der Waals surface area contributed by atoms with Crippen LogP contribution in [0, 0.1) is 0 Å². The van der Waals surface area contributed by atoms with Gasteiger partial charge in [0.1, 0.15) is 0 Å². The van der Waals surface area contributed by atoms with Gasteiger partial charge in [-0.3, -0.25) is 0 Å². The molecule has 0 aliphatic heterocycles. The summed E-state index contributed by atoms with van der Waals surface area (Å²) in [5.41, 5.74) is 0.